The third-order valence-corrected chi connectivity index (χ3v) is 3.61. The molecule has 0 aliphatic carbocycles. The Morgan fingerprint density at radius 1 is 1.15 bits per heavy atom. The van der Waals surface area contributed by atoms with Crippen LogP contribution in [0.15, 0.2) is 46.9 Å². The zero-order valence-corrected chi connectivity index (χ0v) is 14.3. The Morgan fingerprint density at radius 3 is 2.78 bits per heavy atom. The lowest BCUT2D eigenvalue weighted by Crippen LogP contribution is -2.23. The summed E-state index contributed by atoms with van der Waals surface area (Å²) in [7, 11) is 1.52. The number of ether oxygens (including phenoxy) is 2. The molecule has 2 aromatic carbocycles. The van der Waals surface area contributed by atoms with Crippen molar-refractivity contribution in [3.8, 4) is 23.3 Å². The standard InChI is InChI=1S/C20H15F2NO4/c1-25-17-6-4-5-13-11-18(27-19(13)17)20(24)23-9-2-3-10-26-16-8-7-14(21)12-15(16)22/h4-8,11-12H,9-10H2,1H3,(H,23,24). The Labute approximate surface area is 153 Å². The van der Waals surface area contributed by atoms with Gasteiger partial charge in [0.15, 0.2) is 28.7 Å². The molecule has 0 saturated heterocycles. The van der Waals surface area contributed by atoms with E-state index in [2.05, 4.69) is 17.2 Å². The summed E-state index contributed by atoms with van der Waals surface area (Å²) in [5, 5.41) is 3.34. The zero-order chi connectivity index (χ0) is 19.2. The maximum atomic E-state index is 13.4. The van der Waals surface area contributed by atoms with E-state index in [9.17, 15) is 13.6 Å². The lowest BCUT2D eigenvalue weighted by molar-refractivity contribution is 0.0933. The number of para-hydroxylation sites is 1. The van der Waals surface area contributed by atoms with Crippen molar-refractivity contribution in [2.24, 2.45) is 0 Å². The number of hydrogen-bond donors (Lipinski definition) is 1. The number of fused-ring (bicyclic) bond motifs is 1. The first-order valence-corrected chi connectivity index (χ1v) is 7.97. The molecule has 0 unspecified atom stereocenters. The normalized spacial score (nSPS) is 10.2. The number of halogens is 2. The van der Waals surface area contributed by atoms with E-state index < -0.39 is 17.5 Å². The van der Waals surface area contributed by atoms with Crippen LogP contribution in [0, 0.1) is 23.5 Å². The van der Waals surface area contributed by atoms with E-state index in [4.69, 9.17) is 13.9 Å². The molecule has 0 radical (unpaired) electrons. The summed E-state index contributed by atoms with van der Waals surface area (Å²) in [5.74, 6) is 3.98. The quantitative estimate of drug-likeness (QED) is 0.697. The molecule has 3 rings (SSSR count). The Balaban J connectivity index is 1.52. The first-order chi connectivity index (χ1) is 13.1. The number of carbonyl (C=O) groups excluding carboxylic acids is 1. The van der Waals surface area contributed by atoms with Crippen molar-refractivity contribution >= 4 is 16.9 Å². The van der Waals surface area contributed by atoms with Crippen molar-refractivity contribution in [3.05, 3.63) is 59.9 Å². The highest BCUT2D eigenvalue weighted by Crippen LogP contribution is 2.28. The largest absolute Gasteiger partial charge is 0.493 e. The minimum absolute atomic E-state index is 0.0578. The second kappa shape index (κ2) is 8.23. The molecule has 0 aliphatic rings. The molecule has 5 nitrogen and oxygen atoms in total. The van der Waals surface area contributed by atoms with Gasteiger partial charge in [-0.1, -0.05) is 24.0 Å². The van der Waals surface area contributed by atoms with Gasteiger partial charge < -0.3 is 19.2 Å². The summed E-state index contributed by atoms with van der Waals surface area (Å²) in [6.07, 6.45) is 0. The number of amides is 1. The zero-order valence-electron chi connectivity index (χ0n) is 14.3. The molecule has 1 aromatic heterocycles. The van der Waals surface area contributed by atoms with E-state index in [0.29, 0.717) is 11.3 Å². The van der Waals surface area contributed by atoms with Gasteiger partial charge in [-0.3, -0.25) is 4.79 Å². The summed E-state index contributed by atoms with van der Waals surface area (Å²) in [5.41, 5.74) is 0.492. The van der Waals surface area contributed by atoms with Crippen LogP contribution in [0.4, 0.5) is 8.78 Å². The minimum Gasteiger partial charge on any atom is -0.493 e. The summed E-state index contributed by atoms with van der Waals surface area (Å²) in [6, 6.07) is 9.96. The molecule has 1 amide bonds. The number of furan rings is 1. The van der Waals surface area contributed by atoms with Gasteiger partial charge in [-0.15, -0.1) is 0 Å². The highest BCUT2D eigenvalue weighted by molar-refractivity contribution is 5.97. The van der Waals surface area contributed by atoms with Crippen LogP contribution in [0.25, 0.3) is 11.0 Å². The summed E-state index contributed by atoms with van der Waals surface area (Å²) in [4.78, 5) is 12.1. The Hall–Kier alpha value is -3.53. The van der Waals surface area contributed by atoms with E-state index in [1.165, 1.54) is 13.2 Å². The van der Waals surface area contributed by atoms with Crippen LogP contribution in [-0.4, -0.2) is 26.2 Å². The van der Waals surface area contributed by atoms with Crippen LogP contribution < -0.4 is 14.8 Å². The highest BCUT2D eigenvalue weighted by atomic mass is 19.1. The van der Waals surface area contributed by atoms with Gasteiger partial charge in [-0.05, 0) is 24.3 Å². The van der Waals surface area contributed by atoms with E-state index in [1.807, 2.05) is 6.07 Å². The number of methoxy groups -OCH3 is 1. The number of nitrogens with one attached hydrogen (secondary N) is 1. The van der Waals surface area contributed by atoms with Crippen LogP contribution >= 0.6 is 0 Å². The molecule has 0 saturated carbocycles. The van der Waals surface area contributed by atoms with Gasteiger partial charge in [-0.25, -0.2) is 8.78 Å². The van der Waals surface area contributed by atoms with Crippen LogP contribution in [0.1, 0.15) is 10.6 Å². The first-order valence-electron chi connectivity index (χ1n) is 7.97. The lowest BCUT2D eigenvalue weighted by Gasteiger charge is -2.02. The third kappa shape index (κ3) is 4.36. The fourth-order valence-corrected chi connectivity index (χ4v) is 2.34. The summed E-state index contributed by atoms with van der Waals surface area (Å²) in [6.45, 7) is -0.0392. The molecule has 1 heterocycles. The van der Waals surface area contributed by atoms with Crippen LogP contribution in [0.2, 0.25) is 0 Å². The molecule has 0 atom stereocenters. The number of carbonyl (C=O) groups is 1. The van der Waals surface area contributed by atoms with Crippen molar-refractivity contribution < 1.29 is 27.5 Å². The monoisotopic (exact) mass is 371 g/mol. The molecule has 1 N–H and O–H groups in total. The van der Waals surface area contributed by atoms with Crippen molar-refractivity contribution in [2.45, 2.75) is 0 Å². The van der Waals surface area contributed by atoms with Gasteiger partial charge in [0.05, 0.1) is 13.7 Å². The minimum atomic E-state index is -0.801. The summed E-state index contributed by atoms with van der Waals surface area (Å²) >= 11 is 0. The fourth-order valence-electron chi connectivity index (χ4n) is 2.34. The Morgan fingerprint density at radius 2 is 2.00 bits per heavy atom. The maximum absolute atomic E-state index is 13.4. The van der Waals surface area contributed by atoms with E-state index in [-0.39, 0.29) is 24.7 Å². The van der Waals surface area contributed by atoms with Gasteiger partial charge in [0.2, 0.25) is 0 Å². The van der Waals surface area contributed by atoms with Gasteiger partial charge in [0, 0.05) is 11.5 Å². The molecule has 0 aliphatic heterocycles. The highest BCUT2D eigenvalue weighted by Gasteiger charge is 2.13. The average Bonchev–Trinajstić information content (AvgIpc) is 3.10. The number of hydrogen-bond acceptors (Lipinski definition) is 4. The van der Waals surface area contributed by atoms with Crippen LogP contribution in [-0.2, 0) is 0 Å². The second-order valence-electron chi connectivity index (χ2n) is 5.39. The van der Waals surface area contributed by atoms with Gasteiger partial charge in [-0.2, -0.15) is 0 Å². The van der Waals surface area contributed by atoms with Crippen molar-refractivity contribution in [1.82, 2.24) is 5.32 Å². The number of rotatable bonds is 5. The maximum Gasteiger partial charge on any atom is 0.287 e. The van der Waals surface area contributed by atoms with Crippen molar-refractivity contribution in [2.75, 3.05) is 20.3 Å². The molecular weight excluding hydrogens is 356 g/mol. The van der Waals surface area contributed by atoms with Gasteiger partial charge >= 0.3 is 0 Å². The Bertz CT molecular complexity index is 1030. The van der Waals surface area contributed by atoms with Gasteiger partial charge in [0.1, 0.15) is 12.4 Å². The molecule has 0 fully saturated rings. The molecule has 7 heteroatoms. The molecule has 0 bridgehead atoms. The molecular formula is C20H15F2NO4. The average molecular weight is 371 g/mol. The third-order valence-electron chi connectivity index (χ3n) is 3.61. The smallest absolute Gasteiger partial charge is 0.287 e. The molecule has 3 aromatic rings. The SMILES string of the molecule is COc1cccc2cc(C(=O)NCC#CCOc3ccc(F)cc3F)oc12. The predicted molar refractivity (Wildman–Crippen MR) is 94.7 cm³/mol. The molecule has 27 heavy (non-hydrogen) atoms. The molecule has 0 spiro atoms. The first kappa shape index (κ1) is 18.3. The van der Waals surface area contributed by atoms with Crippen LogP contribution in [0.5, 0.6) is 11.5 Å². The molecule has 138 valence electrons. The van der Waals surface area contributed by atoms with E-state index in [1.54, 1.807) is 18.2 Å². The van der Waals surface area contributed by atoms with Crippen molar-refractivity contribution in [3.63, 3.8) is 0 Å². The number of benzene rings is 2. The van der Waals surface area contributed by atoms with E-state index in [0.717, 1.165) is 17.5 Å². The lowest BCUT2D eigenvalue weighted by atomic mass is 10.2. The van der Waals surface area contributed by atoms with Crippen LogP contribution in [0.3, 0.4) is 0 Å². The van der Waals surface area contributed by atoms with Crippen molar-refractivity contribution in [1.29, 1.82) is 0 Å². The topological polar surface area (TPSA) is 60.7 Å². The fraction of sp³-hybridized carbons (Fsp3) is 0.150. The predicted octanol–water partition coefficient (Wildman–Crippen LogP) is 3.53. The summed E-state index contributed by atoms with van der Waals surface area (Å²) < 4.78 is 42.0. The van der Waals surface area contributed by atoms with Gasteiger partial charge in [0.25, 0.3) is 5.91 Å². The second-order valence-corrected chi connectivity index (χ2v) is 5.39. The van der Waals surface area contributed by atoms with E-state index >= 15 is 0 Å². The Kier molecular flexibility index (Phi) is 5.57.